The molecule has 0 aliphatic carbocycles. The Morgan fingerprint density at radius 3 is 2.70 bits per heavy atom. The normalized spacial score (nSPS) is 17.3. The summed E-state index contributed by atoms with van der Waals surface area (Å²) in [5.74, 6) is 1.96. The molecule has 27 heavy (non-hydrogen) atoms. The number of nitrogens with zero attached hydrogens (tertiary/aromatic N) is 5. The van der Waals surface area contributed by atoms with Crippen LogP contribution in [0.4, 0.5) is 11.6 Å². The van der Waals surface area contributed by atoms with Crippen molar-refractivity contribution in [2.24, 2.45) is 5.92 Å². The largest absolute Gasteiger partial charge is 0.378 e. The maximum Gasteiger partial charge on any atom is 0.230 e. The van der Waals surface area contributed by atoms with Crippen LogP contribution >= 0.6 is 0 Å². The van der Waals surface area contributed by atoms with Crippen molar-refractivity contribution < 1.29 is 9.53 Å². The van der Waals surface area contributed by atoms with E-state index < -0.39 is 0 Å². The fraction of sp³-hybridized carbons (Fsp3) is 0.550. The van der Waals surface area contributed by atoms with E-state index in [0.29, 0.717) is 13.2 Å². The predicted molar refractivity (Wildman–Crippen MR) is 105 cm³/mol. The highest BCUT2D eigenvalue weighted by atomic mass is 16.5. The molecule has 1 amide bonds. The van der Waals surface area contributed by atoms with Gasteiger partial charge in [0.15, 0.2) is 0 Å². The predicted octanol–water partition coefficient (Wildman–Crippen LogP) is 2.48. The molecule has 0 unspecified atom stereocenters. The molecule has 1 saturated heterocycles. The van der Waals surface area contributed by atoms with E-state index in [0.717, 1.165) is 61.1 Å². The van der Waals surface area contributed by atoms with Crippen molar-refractivity contribution in [3.63, 3.8) is 0 Å². The first-order valence-electron chi connectivity index (χ1n) is 9.74. The number of amides is 1. The molecule has 4 rings (SSSR count). The third-order valence-electron chi connectivity index (χ3n) is 5.23. The van der Waals surface area contributed by atoms with E-state index in [2.05, 4.69) is 16.0 Å². The summed E-state index contributed by atoms with van der Waals surface area (Å²) in [6.07, 6.45) is 2.76. The standard InChI is InChI=1S/C20H27N5O2/c1-14(2)20(26)24-8-5-9-25-19(24)17(15(3)22-25)16-6-4-7-21-18(16)23-10-12-27-13-11-23/h4,6-7,14H,5,8-13H2,1-3H3. The van der Waals surface area contributed by atoms with Gasteiger partial charge in [0.2, 0.25) is 5.91 Å². The van der Waals surface area contributed by atoms with Crippen LogP contribution in [0.25, 0.3) is 11.1 Å². The summed E-state index contributed by atoms with van der Waals surface area (Å²) in [5.41, 5.74) is 3.01. The Bertz CT molecular complexity index is 839. The lowest BCUT2D eigenvalue weighted by Gasteiger charge is -2.32. The average molecular weight is 369 g/mol. The Balaban J connectivity index is 1.84. The fourth-order valence-electron chi connectivity index (χ4n) is 3.94. The van der Waals surface area contributed by atoms with Gasteiger partial charge in [-0.25, -0.2) is 9.67 Å². The molecular weight excluding hydrogens is 342 g/mol. The van der Waals surface area contributed by atoms with Crippen molar-refractivity contribution in [2.45, 2.75) is 33.7 Å². The third-order valence-corrected chi connectivity index (χ3v) is 5.23. The number of ether oxygens (including phenoxy) is 1. The summed E-state index contributed by atoms with van der Waals surface area (Å²) >= 11 is 0. The molecule has 2 aliphatic heterocycles. The Hall–Kier alpha value is -2.41. The Labute approximate surface area is 159 Å². The van der Waals surface area contributed by atoms with E-state index in [1.54, 1.807) is 0 Å². The average Bonchev–Trinajstić information content (AvgIpc) is 3.03. The summed E-state index contributed by atoms with van der Waals surface area (Å²) in [7, 11) is 0. The van der Waals surface area contributed by atoms with Gasteiger partial charge in [-0.15, -0.1) is 0 Å². The van der Waals surface area contributed by atoms with E-state index in [1.807, 2.05) is 42.6 Å². The molecule has 7 nitrogen and oxygen atoms in total. The summed E-state index contributed by atoms with van der Waals surface area (Å²) in [6, 6.07) is 4.05. The highest BCUT2D eigenvalue weighted by Crippen LogP contribution is 2.40. The highest BCUT2D eigenvalue weighted by Gasteiger charge is 2.32. The van der Waals surface area contributed by atoms with E-state index in [1.165, 1.54) is 0 Å². The number of anilines is 2. The minimum absolute atomic E-state index is 0.0489. The lowest BCUT2D eigenvalue weighted by molar-refractivity contribution is -0.121. The van der Waals surface area contributed by atoms with Gasteiger partial charge >= 0.3 is 0 Å². The number of morpholine rings is 1. The first kappa shape index (κ1) is 18.0. The molecule has 144 valence electrons. The second-order valence-corrected chi connectivity index (χ2v) is 7.48. The number of carbonyl (C=O) groups excluding carboxylic acids is 1. The van der Waals surface area contributed by atoms with Gasteiger partial charge in [0.05, 0.1) is 24.5 Å². The number of carbonyl (C=O) groups is 1. The number of fused-ring (bicyclic) bond motifs is 1. The van der Waals surface area contributed by atoms with Crippen LogP contribution in [0.5, 0.6) is 0 Å². The van der Waals surface area contributed by atoms with Crippen molar-refractivity contribution in [2.75, 3.05) is 42.6 Å². The number of hydrogen-bond acceptors (Lipinski definition) is 5. The zero-order valence-electron chi connectivity index (χ0n) is 16.3. The molecule has 0 bridgehead atoms. The van der Waals surface area contributed by atoms with Crippen LogP contribution in [-0.4, -0.2) is 53.5 Å². The monoisotopic (exact) mass is 369 g/mol. The number of aryl methyl sites for hydroxylation is 2. The van der Waals surface area contributed by atoms with Crippen LogP contribution < -0.4 is 9.80 Å². The van der Waals surface area contributed by atoms with Gasteiger partial charge in [-0.1, -0.05) is 13.8 Å². The van der Waals surface area contributed by atoms with Gasteiger partial charge in [0.25, 0.3) is 0 Å². The summed E-state index contributed by atoms with van der Waals surface area (Å²) < 4.78 is 7.49. The number of pyridine rings is 1. The minimum atomic E-state index is -0.0489. The fourth-order valence-corrected chi connectivity index (χ4v) is 3.94. The van der Waals surface area contributed by atoms with Gasteiger partial charge in [-0.05, 0) is 25.5 Å². The van der Waals surface area contributed by atoms with Crippen LogP contribution in [0.15, 0.2) is 18.3 Å². The molecule has 2 aliphatic rings. The first-order valence-corrected chi connectivity index (χ1v) is 9.74. The number of aromatic nitrogens is 3. The van der Waals surface area contributed by atoms with Crippen LogP contribution in [0.3, 0.4) is 0 Å². The smallest absolute Gasteiger partial charge is 0.230 e. The molecule has 0 saturated carbocycles. The Morgan fingerprint density at radius 2 is 1.96 bits per heavy atom. The molecule has 0 N–H and O–H groups in total. The van der Waals surface area contributed by atoms with Gasteiger partial charge < -0.3 is 9.64 Å². The number of rotatable bonds is 3. The maximum absolute atomic E-state index is 12.9. The van der Waals surface area contributed by atoms with Crippen LogP contribution in [0.2, 0.25) is 0 Å². The molecule has 2 aromatic rings. The molecular formula is C20H27N5O2. The van der Waals surface area contributed by atoms with Gasteiger partial charge in [0, 0.05) is 43.9 Å². The summed E-state index contributed by atoms with van der Waals surface area (Å²) in [5, 5.41) is 4.76. The molecule has 0 radical (unpaired) electrons. The Morgan fingerprint density at radius 1 is 1.19 bits per heavy atom. The molecule has 2 aromatic heterocycles. The Kier molecular flexibility index (Phi) is 4.86. The second-order valence-electron chi connectivity index (χ2n) is 7.48. The molecule has 0 aromatic carbocycles. The van der Waals surface area contributed by atoms with E-state index in [-0.39, 0.29) is 11.8 Å². The second kappa shape index (κ2) is 7.31. The SMILES string of the molecule is Cc1nn2c(c1-c1cccnc1N1CCOCC1)N(C(=O)C(C)C)CCC2. The van der Waals surface area contributed by atoms with Crippen molar-refractivity contribution >= 4 is 17.5 Å². The van der Waals surface area contributed by atoms with Crippen molar-refractivity contribution in [1.29, 1.82) is 0 Å². The first-order chi connectivity index (χ1) is 13.1. The van der Waals surface area contributed by atoms with Crippen LogP contribution in [0, 0.1) is 12.8 Å². The van der Waals surface area contributed by atoms with Gasteiger partial charge in [0.1, 0.15) is 11.6 Å². The lowest BCUT2D eigenvalue weighted by Crippen LogP contribution is -2.40. The lowest BCUT2D eigenvalue weighted by atomic mass is 10.0. The molecule has 0 atom stereocenters. The zero-order valence-corrected chi connectivity index (χ0v) is 16.3. The minimum Gasteiger partial charge on any atom is -0.378 e. The van der Waals surface area contributed by atoms with Crippen LogP contribution in [-0.2, 0) is 16.1 Å². The van der Waals surface area contributed by atoms with Crippen molar-refractivity contribution in [3.05, 3.63) is 24.0 Å². The van der Waals surface area contributed by atoms with Crippen LogP contribution in [0.1, 0.15) is 26.0 Å². The zero-order chi connectivity index (χ0) is 19.0. The van der Waals surface area contributed by atoms with E-state index in [4.69, 9.17) is 9.84 Å². The molecule has 1 fully saturated rings. The summed E-state index contributed by atoms with van der Waals surface area (Å²) in [4.78, 5) is 21.7. The number of hydrogen-bond donors (Lipinski definition) is 0. The van der Waals surface area contributed by atoms with Gasteiger partial charge in [-0.3, -0.25) is 9.69 Å². The topological polar surface area (TPSA) is 63.5 Å². The highest BCUT2D eigenvalue weighted by molar-refractivity contribution is 5.99. The maximum atomic E-state index is 12.9. The summed E-state index contributed by atoms with van der Waals surface area (Å²) in [6.45, 7) is 10.6. The molecule has 0 spiro atoms. The van der Waals surface area contributed by atoms with Crippen molar-refractivity contribution in [1.82, 2.24) is 14.8 Å². The molecule has 7 heteroatoms. The third kappa shape index (κ3) is 3.20. The molecule has 4 heterocycles. The van der Waals surface area contributed by atoms with E-state index >= 15 is 0 Å². The quantitative estimate of drug-likeness (QED) is 0.832. The van der Waals surface area contributed by atoms with Gasteiger partial charge in [-0.2, -0.15) is 5.10 Å². The van der Waals surface area contributed by atoms with E-state index in [9.17, 15) is 4.79 Å². The van der Waals surface area contributed by atoms with Crippen molar-refractivity contribution in [3.8, 4) is 11.1 Å².